The molecule has 2 aromatic carbocycles. The number of benzene rings is 2. The Bertz CT molecular complexity index is 1040. The van der Waals surface area contributed by atoms with Crippen LogP contribution in [0.1, 0.15) is 52.7 Å². The summed E-state index contributed by atoms with van der Waals surface area (Å²) in [5, 5.41) is 0. The molecule has 0 aliphatic heterocycles. The van der Waals surface area contributed by atoms with Crippen molar-refractivity contribution in [2.45, 2.75) is 41.5 Å². The Morgan fingerprint density at radius 1 is 0.647 bits per heavy atom. The molecule has 0 atom stereocenters. The molecule has 34 heavy (non-hydrogen) atoms. The Kier molecular flexibility index (Phi) is 11.1. The molecular weight excluding hydrogens is 438 g/mol. The summed E-state index contributed by atoms with van der Waals surface area (Å²) in [5.41, 5.74) is 1.27. The van der Waals surface area contributed by atoms with E-state index in [0.717, 1.165) is 0 Å². The van der Waals surface area contributed by atoms with Crippen molar-refractivity contribution in [3.8, 4) is 0 Å². The first-order valence-electron chi connectivity index (χ1n) is 10.9. The third-order valence-corrected chi connectivity index (χ3v) is 4.66. The van der Waals surface area contributed by atoms with E-state index in [1.165, 1.54) is 50.3 Å². The Morgan fingerprint density at radius 3 is 1.21 bits per heavy atom. The predicted molar refractivity (Wildman–Crippen MR) is 130 cm³/mol. The van der Waals surface area contributed by atoms with Gasteiger partial charge in [0.25, 0.3) is 0 Å². The van der Waals surface area contributed by atoms with E-state index < -0.39 is 11.6 Å². The van der Waals surface area contributed by atoms with E-state index in [1.807, 2.05) is 0 Å². The van der Waals surface area contributed by atoms with Crippen LogP contribution in [-0.2, 0) is 19.2 Å². The normalized spacial score (nSPS) is 11.7. The summed E-state index contributed by atoms with van der Waals surface area (Å²) >= 11 is 0. The van der Waals surface area contributed by atoms with Crippen molar-refractivity contribution < 1.29 is 28.0 Å². The fourth-order valence-corrected chi connectivity index (χ4v) is 2.84. The second-order valence-corrected chi connectivity index (χ2v) is 8.38. The van der Waals surface area contributed by atoms with Gasteiger partial charge in [-0.05, 0) is 61.4 Å². The average molecular weight is 469 g/mol. The van der Waals surface area contributed by atoms with Crippen LogP contribution in [0.2, 0.25) is 0 Å². The van der Waals surface area contributed by atoms with Crippen LogP contribution < -0.4 is 0 Å². The SMILES string of the molecule is CC(=O)/C(=C/c1cccc(F)c1)C(=O)C(C)C.CC(=O)/C(=C\c1cccc(F)c1)C(=O)C(C)C. The van der Waals surface area contributed by atoms with E-state index in [0.29, 0.717) is 11.1 Å². The lowest BCUT2D eigenvalue weighted by Crippen LogP contribution is -2.15. The molecule has 0 unspecified atom stereocenters. The van der Waals surface area contributed by atoms with Crippen molar-refractivity contribution >= 4 is 35.3 Å². The predicted octanol–water partition coefficient (Wildman–Crippen LogP) is 6.05. The van der Waals surface area contributed by atoms with Crippen LogP contribution in [-0.4, -0.2) is 23.1 Å². The fraction of sp³-hybridized carbons (Fsp3) is 0.286. The average Bonchev–Trinajstić information content (AvgIpc) is 2.75. The van der Waals surface area contributed by atoms with Gasteiger partial charge in [-0.2, -0.15) is 0 Å². The van der Waals surface area contributed by atoms with Crippen LogP contribution >= 0.6 is 0 Å². The van der Waals surface area contributed by atoms with E-state index in [-0.39, 0.29) is 46.1 Å². The van der Waals surface area contributed by atoms with Gasteiger partial charge in [0.15, 0.2) is 23.1 Å². The number of Topliss-reactive ketones (excluding diaryl/α,β-unsaturated/α-hetero) is 4. The quantitative estimate of drug-likeness (QED) is 0.269. The van der Waals surface area contributed by atoms with Crippen LogP contribution in [0.15, 0.2) is 59.7 Å². The number of allylic oxidation sites excluding steroid dienone is 2. The third kappa shape index (κ3) is 9.14. The summed E-state index contributed by atoms with van der Waals surface area (Å²) in [5.74, 6) is -2.32. The van der Waals surface area contributed by atoms with Crippen molar-refractivity contribution in [2.75, 3.05) is 0 Å². The fourth-order valence-electron chi connectivity index (χ4n) is 2.84. The zero-order valence-corrected chi connectivity index (χ0v) is 20.3. The zero-order chi connectivity index (χ0) is 26.0. The zero-order valence-electron chi connectivity index (χ0n) is 20.3. The molecule has 0 radical (unpaired) electrons. The largest absolute Gasteiger partial charge is 0.294 e. The summed E-state index contributed by atoms with van der Waals surface area (Å²) in [6.45, 7) is 9.58. The summed E-state index contributed by atoms with van der Waals surface area (Å²) < 4.78 is 26.0. The molecule has 0 fully saturated rings. The number of rotatable bonds is 8. The summed E-state index contributed by atoms with van der Waals surface area (Å²) in [6.07, 6.45) is 2.88. The molecule has 0 bridgehead atoms. The molecule has 6 heteroatoms. The minimum Gasteiger partial charge on any atom is -0.294 e. The monoisotopic (exact) mass is 468 g/mol. The third-order valence-electron chi connectivity index (χ3n) is 4.66. The van der Waals surface area contributed by atoms with Gasteiger partial charge >= 0.3 is 0 Å². The highest BCUT2D eigenvalue weighted by Gasteiger charge is 2.18. The van der Waals surface area contributed by atoms with Crippen molar-refractivity contribution in [1.82, 2.24) is 0 Å². The lowest BCUT2D eigenvalue weighted by atomic mass is 9.96. The molecule has 2 rings (SSSR count). The number of halogens is 2. The van der Waals surface area contributed by atoms with Crippen LogP contribution in [0.5, 0.6) is 0 Å². The number of ketones is 4. The Hall–Kier alpha value is -3.54. The Balaban J connectivity index is 0.000000340. The highest BCUT2D eigenvalue weighted by atomic mass is 19.1. The minimum absolute atomic E-state index is 0.116. The van der Waals surface area contributed by atoms with Crippen LogP contribution in [0.3, 0.4) is 0 Å². The summed E-state index contributed by atoms with van der Waals surface area (Å²) in [6, 6.07) is 11.6. The van der Waals surface area contributed by atoms with E-state index in [2.05, 4.69) is 0 Å². The molecule has 0 amide bonds. The first kappa shape index (κ1) is 28.5. The number of hydrogen-bond donors (Lipinski definition) is 0. The van der Waals surface area contributed by atoms with Crippen LogP contribution in [0.4, 0.5) is 8.78 Å². The van der Waals surface area contributed by atoms with Crippen molar-refractivity contribution in [1.29, 1.82) is 0 Å². The molecule has 0 heterocycles. The maximum atomic E-state index is 13.0. The molecule has 0 aromatic heterocycles. The lowest BCUT2D eigenvalue weighted by molar-refractivity contribution is -0.123. The number of carbonyl (C=O) groups is 4. The summed E-state index contributed by atoms with van der Waals surface area (Å²) in [7, 11) is 0. The smallest absolute Gasteiger partial charge is 0.168 e. The van der Waals surface area contributed by atoms with Crippen LogP contribution in [0, 0.1) is 23.5 Å². The van der Waals surface area contributed by atoms with Gasteiger partial charge in [-0.15, -0.1) is 0 Å². The number of carbonyl (C=O) groups excluding carboxylic acids is 4. The maximum Gasteiger partial charge on any atom is 0.168 e. The topological polar surface area (TPSA) is 68.3 Å². The van der Waals surface area contributed by atoms with Gasteiger partial charge in [0.05, 0.1) is 11.1 Å². The molecular formula is C28H30F2O4. The van der Waals surface area contributed by atoms with Gasteiger partial charge < -0.3 is 0 Å². The number of hydrogen-bond acceptors (Lipinski definition) is 4. The first-order valence-corrected chi connectivity index (χ1v) is 10.9. The molecule has 2 aromatic rings. The van der Waals surface area contributed by atoms with Gasteiger partial charge in [-0.1, -0.05) is 52.0 Å². The molecule has 0 spiro atoms. The second kappa shape index (κ2) is 13.2. The van der Waals surface area contributed by atoms with Crippen LogP contribution in [0.25, 0.3) is 12.2 Å². The van der Waals surface area contributed by atoms with Gasteiger partial charge in [0.1, 0.15) is 11.6 Å². The summed E-state index contributed by atoms with van der Waals surface area (Å²) in [4.78, 5) is 46.4. The van der Waals surface area contributed by atoms with Gasteiger partial charge in [-0.3, -0.25) is 19.2 Å². The van der Waals surface area contributed by atoms with Crippen molar-refractivity contribution in [3.05, 3.63) is 82.4 Å². The highest BCUT2D eigenvalue weighted by Crippen LogP contribution is 2.15. The van der Waals surface area contributed by atoms with E-state index in [9.17, 15) is 28.0 Å². The standard InChI is InChI=1S/2C14H15FO2/c2*1-9(2)14(17)13(10(3)16)8-11-5-4-6-12(15)7-11/h2*4-9H,1-3H3/b13-8+;13-8-. The molecule has 0 aliphatic rings. The molecule has 180 valence electrons. The van der Waals surface area contributed by atoms with Gasteiger partial charge in [0, 0.05) is 11.8 Å². The molecule has 0 aliphatic carbocycles. The molecule has 0 saturated carbocycles. The Labute approximate surface area is 199 Å². The van der Waals surface area contributed by atoms with E-state index in [1.54, 1.807) is 52.0 Å². The molecule has 4 nitrogen and oxygen atoms in total. The van der Waals surface area contributed by atoms with Crippen molar-refractivity contribution in [3.63, 3.8) is 0 Å². The molecule has 0 N–H and O–H groups in total. The van der Waals surface area contributed by atoms with Gasteiger partial charge in [-0.25, -0.2) is 8.78 Å². The molecule has 0 saturated heterocycles. The lowest BCUT2D eigenvalue weighted by Gasteiger charge is -2.06. The Morgan fingerprint density at radius 2 is 0.971 bits per heavy atom. The van der Waals surface area contributed by atoms with Crippen molar-refractivity contribution in [2.24, 2.45) is 11.8 Å². The highest BCUT2D eigenvalue weighted by molar-refractivity contribution is 6.23. The van der Waals surface area contributed by atoms with Gasteiger partial charge in [0.2, 0.25) is 0 Å². The maximum absolute atomic E-state index is 13.0. The van der Waals surface area contributed by atoms with E-state index >= 15 is 0 Å². The minimum atomic E-state index is -0.390. The first-order chi connectivity index (χ1) is 15.8. The van der Waals surface area contributed by atoms with E-state index in [4.69, 9.17) is 0 Å². The second-order valence-electron chi connectivity index (χ2n) is 8.38.